The number of rotatable bonds is 5. The zero-order valence-electron chi connectivity index (χ0n) is 15.4. The van der Waals surface area contributed by atoms with Gasteiger partial charge in [-0.1, -0.05) is 67.6 Å². The van der Waals surface area contributed by atoms with Crippen LogP contribution in [-0.4, -0.2) is 34.9 Å². The first-order valence-electron chi connectivity index (χ1n) is 9.29. The van der Waals surface area contributed by atoms with Crippen molar-refractivity contribution in [1.29, 1.82) is 0 Å². The van der Waals surface area contributed by atoms with Crippen LogP contribution in [0, 0.1) is 5.41 Å². The number of ether oxygens (including phenoxy) is 2. The molecule has 0 saturated carbocycles. The Kier molecular flexibility index (Phi) is 5.07. The summed E-state index contributed by atoms with van der Waals surface area (Å²) < 4.78 is 11.9. The molecule has 0 radical (unpaired) electrons. The van der Waals surface area contributed by atoms with Crippen LogP contribution in [0.15, 0.2) is 60.7 Å². The van der Waals surface area contributed by atoms with Gasteiger partial charge in [-0.2, -0.15) is 0 Å². The Labute approximate surface area is 159 Å². The third-order valence-electron chi connectivity index (χ3n) is 5.22. The summed E-state index contributed by atoms with van der Waals surface area (Å²) in [5, 5.41) is 9.66. The predicted octanol–water partition coefficient (Wildman–Crippen LogP) is 4.18. The number of aromatic amines is 1. The second kappa shape index (κ2) is 7.64. The van der Waals surface area contributed by atoms with Crippen LogP contribution in [0.3, 0.4) is 0 Å². The summed E-state index contributed by atoms with van der Waals surface area (Å²) in [7, 11) is 0. The molecule has 2 heterocycles. The highest BCUT2D eigenvalue weighted by molar-refractivity contribution is 5.78. The third kappa shape index (κ3) is 3.54. The number of aliphatic hydroxyl groups is 1. The average molecular weight is 364 g/mol. The van der Waals surface area contributed by atoms with Crippen molar-refractivity contribution < 1.29 is 14.6 Å². The fourth-order valence-electron chi connectivity index (χ4n) is 3.28. The number of aliphatic hydroxyl groups excluding tert-OH is 1. The first-order chi connectivity index (χ1) is 13.2. The molecule has 0 bridgehead atoms. The summed E-state index contributed by atoms with van der Waals surface area (Å²) in [6.45, 7) is 3.00. The Morgan fingerprint density at radius 2 is 1.59 bits per heavy atom. The van der Waals surface area contributed by atoms with Crippen LogP contribution >= 0.6 is 0 Å². The summed E-state index contributed by atoms with van der Waals surface area (Å²) in [6, 6.07) is 20.2. The van der Waals surface area contributed by atoms with Crippen LogP contribution in [0.4, 0.5) is 0 Å². The zero-order valence-corrected chi connectivity index (χ0v) is 15.4. The van der Waals surface area contributed by atoms with Crippen LogP contribution in [0.2, 0.25) is 0 Å². The molecule has 2 aromatic carbocycles. The Balaban J connectivity index is 1.68. The van der Waals surface area contributed by atoms with Crippen LogP contribution in [0.5, 0.6) is 0 Å². The Morgan fingerprint density at radius 3 is 2.15 bits per heavy atom. The molecule has 27 heavy (non-hydrogen) atoms. The van der Waals surface area contributed by atoms with E-state index in [0.717, 1.165) is 28.9 Å². The Morgan fingerprint density at radius 1 is 1.00 bits per heavy atom. The van der Waals surface area contributed by atoms with E-state index in [9.17, 15) is 5.11 Å². The molecular formula is C22H24N2O3. The molecule has 5 heteroatoms. The number of H-pyrrole nitrogens is 1. The van der Waals surface area contributed by atoms with Gasteiger partial charge in [0.25, 0.3) is 0 Å². The number of nitrogens with one attached hydrogen (secondary N) is 1. The minimum atomic E-state index is -0.559. The van der Waals surface area contributed by atoms with Crippen molar-refractivity contribution in [2.75, 3.05) is 19.8 Å². The molecule has 4 rings (SSSR count). The molecule has 5 nitrogen and oxygen atoms in total. The van der Waals surface area contributed by atoms with Crippen molar-refractivity contribution in [3.05, 3.63) is 66.5 Å². The summed E-state index contributed by atoms with van der Waals surface area (Å²) in [4.78, 5) is 8.22. The van der Waals surface area contributed by atoms with E-state index in [-0.39, 0.29) is 12.0 Å². The molecule has 140 valence electrons. The van der Waals surface area contributed by atoms with E-state index in [0.29, 0.717) is 19.0 Å². The van der Waals surface area contributed by atoms with Crippen molar-refractivity contribution in [2.45, 2.75) is 19.6 Å². The molecule has 1 fully saturated rings. The van der Waals surface area contributed by atoms with Gasteiger partial charge in [-0.3, -0.25) is 0 Å². The average Bonchev–Trinajstić information content (AvgIpc) is 3.20. The number of aromatic nitrogens is 2. The molecule has 0 atom stereocenters. The molecule has 1 aliphatic rings. The quantitative estimate of drug-likeness (QED) is 0.713. The fourth-order valence-corrected chi connectivity index (χ4v) is 3.28. The lowest BCUT2D eigenvalue weighted by atomic mass is 9.87. The van der Waals surface area contributed by atoms with Gasteiger partial charge < -0.3 is 19.6 Å². The topological polar surface area (TPSA) is 67.4 Å². The maximum absolute atomic E-state index is 9.66. The fraction of sp³-hybridized carbons (Fsp3) is 0.318. The van der Waals surface area contributed by atoms with Gasteiger partial charge in [-0.05, 0) is 6.42 Å². The lowest BCUT2D eigenvalue weighted by Crippen LogP contribution is -2.41. The van der Waals surface area contributed by atoms with Crippen LogP contribution < -0.4 is 0 Å². The summed E-state index contributed by atoms with van der Waals surface area (Å²) in [5.74, 6) is 0.648. The second-order valence-electron chi connectivity index (χ2n) is 7.04. The smallest absolute Gasteiger partial charge is 0.217 e. The van der Waals surface area contributed by atoms with Crippen LogP contribution in [0.25, 0.3) is 22.5 Å². The summed E-state index contributed by atoms with van der Waals surface area (Å²) in [6.07, 6.45) is 0.245. The van der Waals surface area contributed by atoms with E-state index in [1.807, 2.05) is 55.5 Å². The van der Waals surface area contributed by atoms with Crippen molar-refractivity contribution in [3.63, 3.8) is 0 Å². The highest BCUT2D eigenvalue weighted by Crippen LogP contribution is 2.36. The van der Waals surface area contributed by atoms with Crippen molar-refractivity contribution in [2.24, 2.45) is 5.41 Å². The molecule has 1 saturated heterocycles. The highest BCUT2D eigenvalue weighted by atomic mass is 16.7. The maximum Gasteiger partial charge on any atom is 0.217 e. The van der Waals surface area contributed by atoms with Gasteiger partial charge in [0.05, 0.1) is 31.2 Å². The Hall–Kier alpha value is -2.47. The van der Waals surface area contributed by atoms with Gasteiger partial charge in [-0.25, -0.2) is 4.98 Å². The lowest BCUT2D eigenvalue weighted by Gasteiger charge is -2.37. The molecular weight excluding hydrogens is 340 g/mol. The summed E-state index contributed by atoms with van der Waals surface area (Å²) >= 11 is 0. The lowest BCUT2D eigenvalue weighted by molar-refractivity contribution is -0.244. The SMILES string of the molecule is CCC1(CO)COC(c2nc(-c3ccccc3)c(-c3ccccc3)[nH]2)OC1. The second-order valence-corrected chi connectivity index (χ2v) is 7.04. The normalized spacial score (nSPS) is 22.7. The number of hydrogen-bond acceptors (Lipinski definition) is 4. The van der Waals surface area contributed by atoms with Gasteiger partial charge in [-0.15, -0.1) is 0 Å². The molecule has 0 aliphatic carbocycles. The van der Waals surface area contributed by atoms with Crippen molar-refractivity contribution >= 4 is 0 Å². The third-order valence-corrected chi connectivity index (χ3v) is 5.22. The monoisotopic (exact) mass is 364 g/mol. The van der Waals surface area contributed by atoms with Gasteiger partial charge in [0, 0.05) is 16.5 Å². The standard InChI is InChI=1S/C22H24N2O3/c1-2-22(13-25)14-26-21(27-15-22)20-23-18(16-9-5-3-6-10-16)19(24-20)17-11-7-4-8-12-17/h3-12,21,25H,2,13-15H2,1H3,(H,23,24). The minimum absolute atomic E-state index is 0.0545. The Bertz CT molecular complexity index is 806. The molecule has 1 aromatic heterocycles. The van der Waals surface area contributed by atoms with Gasteiger partial charge in [0.15, 0.2) is 5.82 Å². The number of hydrogen-bond donors (Lipinski definition) is 2. The summed E-state index contributed by atoms with van der Waals surface area (Å²) in [5.41, 5.74) is 3.59. The first kappa shape index (κ1) is 17.9. The predicted molar refractivity (Wildman–Crippen MR) is 104 cm³/mol. The van der Waals surface area contributed by atoms with Gasteiger partial charge in [0.1, 0.15) is 0 Å². The molecule has 3 aromatic rings. The zero-order chi connectivity index (χ0) is 18.7. The van der Waals surface area contributed by atoms with Crippen molar-refractivity contribution in [3.8, 4) is 22.5 Å². The molecule has 1 aliphatic heterocycles. The number of benzene rings is 2. The molecule has 0 unspecified atom stereocenters. The van der Waals surface area contributed by atoms with E-state index in [2.05, 4.69) is 17.1 Å². The largest absolute Gasteiger partial charge is 0.396 e. The van der Waals surface area contributed by atoms with Crippen LogP contribution in [-0.2, 0) is 9.47 Å². The van der Waals surface area contributed by atoms with Gasteiger partial charge in [0.2, 0.25) is 6.29 Å². The van der Waals surface area contributed by atoms with E-state index in [1.54, 1.807) is 0 Å². The minimum Gasteiger partial charge on any atom is -0.396 e. The highest BCUT2D eigenvalue weighted by Gasteiger charge is 2.37. The van der Waals surface area contributed by atoms with E-state index < -0.39 is 6.29 Å². The molecule has 0 amide bonds. The van der Waals surface area contributed by atoms with Crippen LogP contribution in [0.1, 0.15) is 25.5 Å². The van der Waals surface area contributed by atoms with E-state index >= 15 is 0 Å². The van der Waals surface area contributed by atoms with E-state index in [1.165, 1.54) is 0 Å². The van der Waals surface area contributed by atoms with E-state index in [4.69, 9.17) is 14.5 Å². The maximum atomic E-state index is 9.66. The molecule has 2 N–H and O–H groups in total. The number of nitrogens with zero attached hydrogens (tertiary/aromatic N) is 1. The first-order valence-corrected chi connectivity index (χ1v) is 9.29. The van der Waals surface area contributed by atoms with Crippen molar-refractivity contribution in [1.82, 2.24) is 9.97 Å². The van der Waals surface area contributed by atoms with Gasteiger partial charge >= 0.3 is 0 Å². The number of imidazole rings is 1. The molecule has 0 spiro atoms.